The number of carbonyl (C=O) groups is 2. The summed E-state index contributed by atoms with van der Waals surface area (Å²) in [5, 5.41) is 16.1. The lowest BCUT2D eigenvalue weighted by atomic mass is 9.99. The van der Waals surface area contributed by atoms with Gasteiger partial charge in [-0.1, -0.05) is 42.8 Å². The molecule has 0 spiro atoms. The Labute approximate surface area is 208 Å². The monoisotopic (exact) mass is 491 g/mol. The minimum atomic E-state index is -0.0470. The smallest absolute Gasteiger partial charge is 0.315 e. The average molecular weight is 492 g/mol. The van der Waals surface area contributed by atoms with Crippen LogP contribution in [0.5, 0.6) is 0 Å². The third-order valence-electron chi connectivity index (χ3n) is 6.46. The van der Waals surface area contributed by atoms with Gasteiger partial charge in [0.2, 0.25) is 11.9 Å². The van der Waals surface area contributed by atoms with E-state index < -0.39 is 0 Å². The predicted octanol–water partition coefficient (Wildman–Crippen LogP) is 3.63. The largest absolute Gasteiger partial charge is 0.368 e. The van der Waals surface area contributed by atoms with E-state index in [1.165, 1.54) is 0 Å². The maximum atomic E-state index is 12.5. The molecular weight excluding hydrogens is 462 g/mol. The zero-order valence-electron chi connectivity index (χ0n) is 19.3. The molecule has 3 atom stereocenters. The van der Waals surface area contributed by atoms with Gasteiger partial charge in [0, 0.05) is 29.5 Å². The van der Waals surface area contributed by atoms with Crippen LogP contribution in [0.4, 0.5) is 22.4 Å². The number of ketones is 1. The van der Waals surface area contributed by atoms with Crippen molar-refractivity contribution in [2.75, 3.05) is 16.8 Å². The van der Waals surface area contributed by atoms with Gasteiger partial charge in [-0.2, -0.15) is 16.7 Å². The van der Waals surface area contributed by atoms with Crippen molar-refractivity contribution in [1.82, 2.24) is 25.8 Å². The van der Waals surface area contributed by atoms with Gasteiger partial charge in [-0.3, -0.25) is 4.79 Å². The van der Waals surface area contributed by atoms with Gasteiger partial charge < -0.3 is 21.7 Å². The van der Waals surface area contributed by atoms with Crippen LogP contribution in [-0.4, -0.2) is 50.1 Å². The summed E-state index contributed by atoms with van der Waals surface area (Å²) < 4.78 is 0. The Hall–Kier alpha value is -3.53. The zero-order chi connectivity index (χ0) is 24.2. The first kappa shape index (κ1) is 23.2. The molecule has 5 rings (SSSR count). The number of hydrogen-bond acceptors (Lipinski definition) is 7. The Kier molecular flexibility index (Phi) is 6.89. The van der Waals surface area contributed by atoms with Crippen molar-refractivity contribution >= 4 is 41.2 Å². The lowest BCUT2D eigenvalue weighted by Gasteiger charge is -2.16. The summed E-state index contributed by atoms with van der Waals surface area (Å²) in [6.07, 6.45) is 4.01. The fourth-order valence-corrected chi connectivity index (χ4v) is 6.19. The second-order valence-electron chi connectivity index (χ2n) is 9.03. The minimum absolute atomic E-state index is 0.0470. The number of H-pyrrole nitrogens is 1. The highest BCUT2D eigenvalue weighted by Crippen LogP contribution is 2.33. The number of fused-ring (bicyclic) bond motifs is 1. The highest BCUT2D eigenvalue weighted by Gasteiger charge is 2.42. The van der Waals surface area contributed by atoms with Crippen LogP contribution >= 0.6 is 11.8 Å². The fourth-order valence-electron chi connectivity index (χ4n) is 4.65. The summed E-state index contributed by atoms with van der Waals surface area (Å²) in [7, 11) is 0. The highest BCUT2D eigenvalue weighted by atomic mass is 32.2. The van der Waals surface area contributed by atoms with E-state index in [2.05, 4.69) is 43.3 Å². The van der Waals surface area contributed by atoms with E-state index >= 15 is 0 Å². The van der Waals surface area contributed by atoms with Crippen LogP contribution < -0.4 is 21.7 Å². The number of aromatic nitrogens is 3. The molecule has 35 heavy (non-hydrogen) atoms. The lowest BCUT2D eigenvalue weighted by molar-refractivity contribution is -0.118. The molecule has 2 aromatic carbocycles. The zero-order valence-corrected chi connectivity index (χ0v) is 20.1. The number of unbranched alkanes of at least 4 members (excludes halogenated alkanes) is 1. The Morgan fingerprint density at radius 3 is 2.51 bits per heavy atom. The summed E-state index contributed by atoms with van der Waals surface area (Å²) in [5.41, 5.74) is 9.63. The van der Waals surface area contributed by atoms with E-state index in [1.807, 2.05) is 48.2 Å². The fraction of sp³-hybridized carbons (Fsp3) is 0.360. The highest BCUT2D eigenvalue weighted by molar-refractivity contribution is 8.00. The van der Waals surface area contributed by atoms with E-state index in [0.29, 0.717) is 24.0 Å². The summed E-state index contributed by atoms with van der Waals surface area (Å²) in [6.45, 7) is 0. The molecule has 1 aromatic heterocycles. The molecule has 2 amide bonds. The number of anilines is 3. The van der Waals surface area contributed by atoms with Gasteiger partial charge in [-0.15, -0.1) is 5.10 Å². The van der Waals surface area contributed by atoms with Gasteiger partial charge in [0.25, 0.3) is 0 Å². The van der Waals surface area contributed by atoms with Crippen molar-refractivity contribution in [1.29, 1.82) is 0 Å². The molecule has 6 N–H and O–H groups in total. The third kappa shape index (κ3) is 5.76. The maximum absolute atomic E-state index is 12.5. The number of urea groups is 1. The van der Waals surface area contributed by atoms with Crippen LogP contribution in [0, 0.1) is 0 Å². The number of nitrogens with one attached hydrogen (secondary N) is 4. The summed E-state index contributed by atoms with van der Waals surface area (Å²) in [5.74, 6) is 1.94. The number of nitrogens with two attached hydrogens (primary N) is 1. The Morgan fingerprint density at radius 2 is 1.80 bits per heavy atom. The second kappa shape index (κ2) is 10.4. The number of benzene rings is 2. The van der Waals surface area contributed by atoms with Crippen molar-refractivity contribution < 1.29 is 9.59 Å². The Balaban J connectivity index is 1.05. The number of nitrogens with zero attached hydrogens (tertiary/aromatic N) is 2. The van der Waals surface area contributed by atoms with Gasteiger partial charge in [0.15, 0.2) is 0 Å². The normalized spacial score (nSPS) is 20.8. The van der Waals surface area contributed by atoms with Gasteiger partial charge in [-0.05, 0) is 41.7 Å². The minimum Gasteiger partial charge on any atom is -0.368 e. The molecule has 3 aromatic rings. The standard InChI is InChI=1S/C25H29N7O2S/c26-23-30-24(32-31-23)27-18-11-9-17(10-12-18)16-7-5-15(6-8-16)13-19(33)3-1-2-4-21-22-20(14-35-21)28-25(34)29-22/h5-12,20-22H,1-4,13-14H2,(H2,28,29,34)(H4,26,27,30,31,32)/t20-,21?,22-/m0/s1. The summed E-state index contributed by atoms with van der Waals surface area (Å²) >= 11 is 1.92. The van der Waals surface area contributed by atoms with Crippen LogP contribution in [0.3, 0.4) is 0 Å². The SMILES string of the molecule is Nc1nc(Nc2ccc(-c3ccc(CC(=O)CCCCC4SC[C@@H]5NC(=O)N[C@H]45)cc3)cc2)n[nH]1. The number of amides is 2. The number of hydrogen-bond donors (Lipinski definition) is 5. The molecule has 2 aliphatic heterocycles. The molecule has 2 aliphatic rings. The lowest BCUT2D eigenvalue weighted by Crippen LogP contribution is -2.36. The van der Waals surface area contributed by atoms with Crippen LogP contribution in [0.2, 0.25) is 0 Å². The molecular formula is C25H29N7O2S. The summed E-state index contributed by atoms with van der Waals surface area (Å²) in [4.78, 5) is 28.0. The molecule has 0 bridgehead atoms. The molecule has 182 valence electrons. The number of rotatable bonds is 10. The van der Waals surface area contributed by atoms with Gasteiger partial charge >= 0.3 is 6.03 Å². The quantitative estimate of drug-likeness (QED) is 0.216. The van der Waals surface area contributed by atoms with Crippen LogP contribution in [0.25, 0.3) is 11.1 Å². The van der Waals surface area contributed by atoms with Crippen LogP contribution in [-0.2, 0) is 11.2 Å². The summed E-state index contributed by atoms with van der Waals surface area (Å²) in [6, 6.07) is 16.6. The molecule has 0 aliphatic carbocycles. The molecule has 3 heterocycles. The van der Waals surface area contributed by atoms with E-state index in [-0.39, 0.29) is 29.8 Å². The maximum Gasteiger partial charge on any atom is 0.315 e. The second-order valence-corrected chi connectivity index (χ2v) is 10.3. The van der Waals surface area contributed by atoms with Crippen molar-refractivity contribution in [2.45, 2.75) is 49.4 Å². The van der Waals surface area contributed by atoms with Crippen molar-refractivity contribution in [3.05, 3.63) is 54.1 Å². The van der Waals surface area contributed by atoms with E-state index in [0.717, 1.165) is 47.4 Å². The van der Waals surface area contributed by atoms with E-state index in [9.17, 15) is 9.59 Å². The topological polar surface area (TPSA) is 138 Å². The predicted molar refractivity (Wildman–Crippen MR) is 139 cm³/mol. The number of nitrogen functional groups attached to an aromatic ring is 1. The van der Waals surface area contributed by atoms with Crippen molar-refractivity contribution in [3.63, 3.8) is 0 Å². The Morgan fingerprint density at radius 1 is 1.06 bits per heavy atom. The number of Topliss-reactive ketones (excluding diaryl/α,β-unsaturated/α-hetero) is 1. The number of aromatic amines is 1. The van der Waals surface area contributed by atoms with Crippen LogP contribution in [0.1, 0.15) is 31.2 Å². The number of thioether (sulfide) groups is 1. The average Bonchev–Trinajstić information content (AvgIpc) is 3.54. The molecule has 0 saturated carbocycles. The molecule has 2 fully saturated rings. The first-order valence-corrected chi connectivity index (χ1v) is 12.9. The van der Waals surface area contributed by atoms with Gasteiger partial charge in [0.05, 0.1) is 12.1 Å². The van der Waals surface area contributed by atoms with Crippen LogP contribution in [0.15, 0.2) is 48.5 Å². The molecule has 2 saturated heterocycles. The van der Waals surface area contributed by atoms with Gasteiger partial charge in [-0.25, -0.2) is 9.89 Å². The number of carbonyl (C=O) groups excluding carboxylic acids is 2. The first-order valence-electron chi connectivity index (χ1n) is 11.9. The van der Waals surface area contributed by atoms with E-state index in [4.69, 9.17) is 5.73 Å². The molecule has 0 radical (unpaired) electrons. The van der Waals surface area contributed by atoms with Crippen molar-refractivity contribution in [2.24, 2.45) is 0 Å². The molecule has 1 unspecified atom stereocenters. The first-order chi connectivity index (χ1) is 17.0. The van der Waals surface area contributed by atoms with Crippen molar-refractivity contribution in [3.8, 4) is 11.1 Å². The van der Waals surface area contributed by atoms with E-state index in [1.54, 1.807) is 0 Å². The third-order valence-corrected chi connectivity index (χ3v) is 7.97. The Bertz CT molecular complexity index is 1180. The molecule has 10 heteroatoms. The molecule has 9 nitrogen and oxygen atoms in total. The van der Waals surface area contributed by atoms with Gasteiger partial charge in [0.1, 0.15) is 5.78 Å².